The number of aromatic nitrogens is 2. The minimum Gasteiger partial charge on any atom is -0.490 e. The van der Waals surface area contributed by atoms with Gasteiger partial charge in [0.2, 0.25) is 0 Å². The van der Waals surface area contributed by atoms with Crippen molar-refractivity contribution in [2.45, 2.75) is 53.5 Å². The van der Waals surface area contributed by atoms with Crippen LogP contribution in [0.5, 0.6) is 11.5 Å². The van der Waals surface area contributed by atoms with E-state index in [1.54, 1.807) is 7.05 Å². The van der Waals surface area contributed by atoms with Gasteiger partial charge in [-0.25, -0.2) is 0 Å². The van der Waals surface area contributed by atoms with Gasteiger partial charge in [-0.15, -0.1) is 0 Å². The van der Waals surface area contributed by atoms with E-state index in [9.17, 15) is 0 Å². The molecule has 0 bridgehead atoms. The number of aryl methyl sites for hydroxylation is 2. The fourth-order valence-corrected chi connectivity index (χ4v) is 3.47. The van der Waals surface area contributed by atoms with E-state index in [0.29, 0.717) is 13.2 Å². The first kappa shape index (κ1) is 23.6. The second-order valence-electron chi connectivity index (χ2n) is 7.42. The van der Waals surface area contributed by atoms with Gasteiger partial charge in [0.15, 0.2) is 17.5 Å². The highest BCUT2D eigenvalue weighted by molar-refractivity contribution is 5.79. The first-order valence-electron chi connectivity index (χ1n) is 10.7. The van der Waals surface area contributed by atoms with Crippen LogP contribution >= 0.6 is 0 Å². The molecular formula is C23H37N5O2. The lowest BCUT2D eigenvalue weighted by Gasteiger charge is -2.18. The van der Waals surface area contributed by atoms with Crippen LogP contribution in [0.4, 0.5) is 0 Å². The summed E-state index contributed by atoms with van der Waals surface area (Å²) in [5.41, 5.74) is 4.79. The van der Waals surface area contributed by atoms with Crippen LogP contribution in [0.3, 0.4) is 0 Å². The summed E-state index contributed by atoms with van der Waals surface area (Å²) in [6.45, 7) is 12.3. The third kappa shape index (κ3) is 6.40. The number of guanidine groups is 1. The average molecular weight is 416 g/mol. The number of aliphatic imine (C=N–C) groups is 1. The van der Waals surface area contributed by atoms with Crippen LogP contribution in [-0.4, -0.2) is 48.6 Å². The van der Waals surface area contributed by atoms with Gasteiger partial charge in [-0.2, -0.15) is 5.10 Å². The Hall–Kier alpha value is -2.70. The van der Waals surface area contributed by atoms with E-state index < -0.39 is 0 Å². The Morgan fingerprint density at radius 2 is 1.87 bits per heavy atom. The summed E-state index contributed by atoms with van der Waals surface area (Å²) in [7, 11) is 3.79. The molecule has 1 atom stereocenters. The van der Waals surface area contributed by atoms with Crippen molar-refractivity contribution in [2.75, 3.05) is 26.8 Å². The van der Waals surface area contributed by atoms with E-state index >= 15 is 0 Å². The maximum Gasteiger partial charge on any atom is 0.191 e. The predicted molar refractivity (Wildman–Crippen MR) is 123 cm³/mol. The summed E-state index contributed by atoms with van der Waals surface area (Å²) >= 11 is 0. The van der Waals surface area contributed by atoms with Gasteiger partial charge in [0, 0.05) is 32.4 Å². The number of benzene rings is 1. The molecule has 0 saturated heterocycles. The SMILES string of the molecule is CCOc1ccc(CCNC(=NC)NC(C)Cc2c(C)nn(C)c2C)cc1OCC. The third-order valence-corrected chi connectivity index (χ3v) is 5.09. The molecule has 30 heavy (non-hydrogen) atoms. The first-order valence-corrected chi connectivity index (χ1v) is 10.7. The lowest BCUT2D eigenvalue weighted by molar-refractivity contribution is 0.287. The molecule has 1 aromatic carbocycles. The molecule has 0 amide bonds. The Balaban J connectivity index is 1.89. The van der Waals surface area contributed by atoms with E-state index in [0.717, 1.165) is 42.5 Å². The molecule has 0 radical (unpaired) electrons. The monoisotopic (exact) mass is 415 g/mol. The highest BCUT2D eigenvalue weighted by Gasteiger charge is 2.14. The van der Waals surface area contributed by atoms with Crippen LogP contribution in [0.25, 0.3) is 0 Å². The molecule has 166 valence electrons. The Morgan fingerprint density at radius 1 is 1.17 bits per heavy atom. The van der Waals surface area contributed by atoms with Gasteiger partial charge in [0.25, 0.3) is 0 Å². The zero-order valence-electron chi connectivity index (χ0n) is 19.5. The summed E-state index contributed by atoms with van der Waals surface area (Å²) in [6, 6.07) is 6.37. The molecule has 7 heteroatoms. The van der Waals surface area contributed by atoms with Gasteiger partial charge >= 0.3 is 0 Å². The highest BCUT2D eigenvalue weighted by atomic mass is 16.5. The van der Waals surface area contributed by atoms with E-state index in [4.69, 9.17) is 9.47 Å². The Kier molecular flexibility index (Phi) is 9.02. The van der Waals surface area contributed by atoms with Crippen LogP contribution < -0.4 is 20.1 Å². The van der Waals surface area contributed by atoms with Crippen molar-refractivity contribution in [2.24, 2.45) is 12.0 Å². The van der Waals surface area contributed by atoms with E-state index in [1.807, 2.05) is 31.6 Å². The number of rotatable bonds is 10. The van der Waals surface area contributed by atoms with E-state index in [1.165, 1.54) is 16.8 Å². The van der Waals surface area contributed by atoms with Crippen molar-refractivity contribution in [1.82, 2.24) is 20.4 Å². The van der Waals surface area contributed by atoms with Crippen molar-refractivity contribution < 1.29 is 9.47 Å². The molecule has 1 heterocycles. The highest BCUT2D eigenvalue weighted by Crippen LogP contribution is 2.28. The van der Waals surface area contributed by atoms with Crippen molar-refractivity contribution in [1.29, 1.82) is 0 Å². The zero-order valence-corrected chi connectivity index (χ0v) is 19.5. The lowest BCUT2D eigenvalue weighted by atomic mass is 10.1. The molecule has 7 nitrogen and oxygen atoms in total. The van der Waals surface area contributed by atoms with Gasteiger partial charge in [0.1, 0.15) is 0 Å². The second kappa shape index (κ2) is 11.5. The molecule has 1 aromatic heterocycles. The van der Waals surface area contributed by atoms with Crippen molar-refractivity contribution in [3.05, 3.63) is 40.7 Å². The molecule has 1 unspecified atom stereocenters. The number of hydrogen-bond acceptors (Lipinski definition) is 4. The van der Waals surface area contributed by atoms with Crippen molar-refractivity contribution >= 4 is 5.96 Å². The molecule has 0 aliphatic carbocycles. The van der Waals surface area contributed by atoms with Gasteiger partial charge in [0.05, 0.1) is 18.9 Å². The first-order chi connectivity index (χ1) is 14.4. The molecule has 2 rings (SSSR count). The number of nitrogens with one attached hydrogen (secondary N) is 2. The van der Waals surface area contributed by atoms with Crippen LogP contribution in [0, 0.1) is 13.8 Å². The molecular weight excluding hydrogens is 378 g/mol. The van der Waals surface area contributed by atoms with Gasteiger partial charge in [-0.05, 0) is 70.7 Å². The van der Waals surface area contributed by atoms with Crippen LogP contribution in [0.15, 0.2) is 23.2 Å². The third-order valence-electron chi connectivity index (χ3n) is 5.09. The predicted octanol–water partition coefficient (Wildman–Crippen LogP) is 3.17. The van der Waals surface area contributed by atoms with Crippen LogP contribution in [0.2, 0.25) is 0 Å². The van der Waals surface area contributed by atoms with E-state index in [-0.39, 0.29) is 6.04 Å². The zero-order chi connectivity index (χ0) is 22.1. The molecule has 0 fully saturated rings. The summed E-state index contributed by atoms with van der Waals surface area (Å²) in [6.07, 6.45) is 1.77. The summed E-state index contributed by atoms with van der Waals surface area (Å²) < 4.78 is 13.3. The molecule has 0 spiro atoms. The molecule has 2 aromatic rings. The molecule has 0 aliphatic heterocycles. The molecule has 0 saturated carbocycles. The standard InChI is InChI=1S/C23H37N5O2/c1-8-29-21-11-10-19(15-22(21)30-9-2)12-13-25-23(24-6)26-16(3)14-20-17(4)27-28(7)18(20)5/h10-11,15-16H,8-9,12-14H2,1-7H3,(H2,24,25,26). The topological polar surface area (TPSA) is 72.7 Å². The molecule has 2 N–H and O–H groups in total. The number of nitrogens with zero attached hydrogens (tertiary/aromatic N) is 3. The van der Waals surface area contributed by atoms with Gasteiger partial charge in [-0.3, -0.25) is 9.67 Å². The Morgan fingerprint density at radius 3 is 2.47 bits per heavy atom. The normalized spacial score (nSPS) is 12.6. The Bertz CT molecular complexity index is 844. The number of ether oxygens (including phenoxy) is 2. The fourth-order valence-electron chi connectivity index (χ4n) is 3.47. The van der Waals surface area contributed by atoms with Crippen molar-refractivity contribution in [3.8, 4) is 11.5 Å². The maximum absolute atomic E-state index is 5.72. The quantitative estimate of drug-likeness (QED) is 0.461. The van der Waals surface area contributed by atoms with Crippen LogP contribution in [0.1, 0.15) is 43.3 Å². The Labute approximate surface area is 180 Å². The molecule has 0 aliphatic rings. The number of hydrogen-bond donors (Lipinski definition) is 2. The lowest BCUT2D eigenvalue weighted by Crippen LogP contribution is -2.43. The van der Waals surface area contributed by atoms with Crippen LogP contribution in [-0.2, 0) is 19.9 Å². The minimum atomic E-state index is 0.243. The minimum absolute atomic E-state index is 0.243. The summed E-state index contributed by atoms with van der Waals surface area (Å²) in [5, 5.41) is 11.4. The fraction of sp³-hybridized carbons (Fsp3) is 0.565. The van der Waals surface area contributed by atoms with E-state index in [2.05, 4.69) is 53.6 Å². The van der Waals surface area contributed by atoms with Gasteiger partial charge in [-0.1, -0.05) is 6.07 Å². The smallest absolute Gasteiger partial charge is 0.191 e. The average Bonchev–Trinajstić information content (AvgIpc) is 2.95. The second-order valence-corrected chi connectivity index (χ2v) is 7.42. The summed E-state index contributed by atoms with van der Waals surface area (Å²) in [5.74, 6) is 2.40. The maximum atomic E-state index is 5.72. The van der Waals surface area contributed by atoms with Crippen molar-refractivity contribution in [3.63, 3.8) is 0 Å². The summed E-state index contributed by atoms with van der Waals surface area (Å²) in [4.78, 5) is 4.37. The van der Waals surface area contributed by atoms with Gasteiger partial charge < -0.3 is 20.1 Å². The largest absolute Gasteiger partial charge is 0.490 e.